The van der Waals surface area contributed by atoms with E-state index in [1.165, 1.54) is 11.3 Å². The van der Waals surface area contributed by atoms with Gasteiger partial charge in [-0.05, 0) is 46.1 Å². The number of carbonyl (C=O) groups is 2. The second-order valence-corrected chi connectivity index (χ2v) is 6.23. The van der Waals surface area contributed by atoms with Crippen molar-refractivity contribution in [1.82, 2.24) is 5.32 Å². The maximum Gasteiger partial charge on any atom is 0.326 e. The van der Waals surface area contributed by atoms with E-state index in [4.69, 9.17) is 5.11 Å². The molecule has 18 heavy (non-hydrogen) atoms. The molecular formula is C12H16BrNO3S. The predicted molar refractivity (Wildman–Crippen MR) is 75.1 cm³/mol. The molecule has 0 unspecified atom stereocenters. The highest BCUT2D eigenvalue weighted by Crippen LogP contribution is 2.27. The number of thiophene rings is 1. The maximum absolute atomic E-state index is 12.0. The molecule has 100 valence electrons. The fourth-order valence-electron chi connectivity index (χ4n) is 1.50. The number of carboxylic acids is 1. The van der Waals surface area contributed by atoms with Crippen LogP contribution in [0.1, 0.15) is 35.5 Å². The van der Waals surface area contributed by atoms with Gasteiger partial charge in [-0.3, -0.25) is 4.79 Å². The summed E-state index contributed by atoms with van der Waals surface area (Å²) in [7, 11) is 0. The number of hydrogen-bond donors (Lipinski definition) is 2. The molecule has 0 spiro atoms. The SMILES string of the molecule is Cc1csc(C(=O)N[C@H](CC(C)C)C(=O)O)c1Br. The van der Waals surface area contributed by atoms with Crippen LogP contribution >= 0.6 is 27.3 Å². The average Bonchev–Trinajstić information content (AvgIpc) is 2.58. The fraction of sp³-hybridized carbons (Fsp3) is 0.500. The van der Waals surface area contributed by atoms with Gasteiger partial charge in [-0.25, -0.2) is 4.79 Å². The van der Waals surface area contributed by atoms with Crippen LogP contribution in [-0.2, 0) is 4.79 Å². The van der Waals surface area contributed by atoms with Gasteiger partial charge >= 0.3 is 5.97 Å². The van der Waals surface area contributed by atoms with Crippen molar-refractivity contribution >= 4 is 39.1 Å². The summed E-state index contributed by atoms with van der Waals surface area (Å²) in [5.41, 5.74) is 0.973. The van der Waals surface area contributed by atoms with Gasteiger partial charge < -0.3 is 10.4 Å². The van der Waals surface area contributed by atoms with Crippen molar-refractivity contribution < 1.29 is 14.7 Å². The first-order valence-electron chi connectivity index (χ1n) is 5.60. The van der Waals surface area contributed by atoms with Crippen molar-refractivity contribution in [1.29, 1.82) is 0 Å². The van der Waals surface area contributed by atoms with Gasteiger partial charge in [-0.15, -0.1) is 11.3 Å². The van der Waals surface area contributed by atoms with E-state index in [2.05, 4.69) is 21.2 Å². The molecule has 0 bridgehead atoms. The standard InChI is InChI=1S/C12H16BrNO3S/c1-6(2)4-8(12(16)17)14-11(15)10-9(13)7(3)5-18-10/h5-6,8H,4H2,1-3H3,(H,14,15)(H,16,17)/t8-/m1/s1. The average molecular weight is 334 g/mol. The predicted octanol–water partition coefficient (Wildman–Crippen LogP) is 3.05. The van der Waals surface area contributed by atoms with Crippen molar-refractivity contribution in [2.24, 2.45) is 5.92 Å². The molecule has 0 saturated carbocycles. The van der Waals surface area contributed by atoms with Crippen molar-refractivity contribution in [3.05, 3.63) is 20.3 Å². The summed E-state index contributed by atoms with van der Waals surface area (Å²) >= 11 is 4.64. The van der Waals surface area contributed by atoms with Crippen LogP contribution in [0.25, 0.3) is 0 Å². The molecule has 1 amide bonds. The Morgan fingerprint density at radius 3 is 2.50 bits per heavy atom. The first-order valence-corrected chi connectivity index (χ1v) is 7.27. The highest BCUT2D eigenvalue weighted by atomic mass is 79.9. The zero-order valence-corrected chi connectivity index (χ0v) is 12.9. The molecule has 6 heteroatoms. The van der Waals surface area contributed by atoms with Crippen LogP contribution in [0.3, 0.4) is 0 Å². The summed E-state index contributed by atoms with van der Waals surface area (Å²) in [6.07, 6.45) is 0.420. The van der Waals surface area contributed by atoms with Gasteiger partial charge in [-0.1, -0.05) is 13.8 Å². The second-order valence-electron chi connectivity index (χ2n) is 4.56. The Bertz CT molecular complexity index is 456. The molecule has 0 aliphatic heterocycles. The minimum Gasteiger partial charge on any atom is -0.480 e. The number of hydrogen-bond acceptors (Lipinski definition) is 3. The first kappa shape index (κ1) is 15.2. The van der Waals surface area contributed by atoms with Crippen molar-refractivity contribution in [3.8, 4) is 0 Å². The Labute approximate surface area is 119 Å². The summed E-state index contributed by atoms with van der Waals surface area (Å²) in [6, 6.07) is -0.841. The minimum absolute atomic E-state index is 0.208. The Hall–Kier alpha value is -0.880. The molecule has 1 rings (SSSR count). The Balaban J connectivity index is 2.79. The lowest BCUT2D eigenvalue weighted by molar-refractivity contribution is -0.139. The van der Waals surface area contributed by atoms with Crippen LogP contribution in [0.5, 0.6) is 0 Å². The summed E-state index contributed by atoms with van der Waals surface area (Å²) < 4.78 is 0.735. The zero-order chi connectivity index (χ0) is 13.9. The quantitative estimate of drug-likeness (QED) is 0.870. The Kier molecular flexibility index (Phi) is 5.34. The van der Waals surface area contributed by atoms with Crippen LogP contribution in [0, 0.1) is 12.8 Å². The zero-order valence-electron chi connectivity index (χ0n) is 10.5. The maximum atomic E-state index is 12.0. The molecule has 0 aliphatic rings. The number of halogens is 1. The van der Waals surface area contributed by atoms with Crippen LogP contribution in [0.15, 0.2) is 9.85 Å². The van der Waals surface area contributed by atoms with E-state index in [-0.39, 0.29) is 11.8 Å². The molecule has 2 N–H and O–H groups in total. The minimum atomic E-state index is -0.999. The van der Waals surface area contributed by atoms with E-state index in [0.29, 0.717) is 11.3 Å². The normalized spacial score (nSPS) is 12.5. The van der Waals surface area contributed by atoms with E-state index >= 15 is 0 Å². The molecule has 0 aliphatic carbocycles. The number of aryl methyl sites for hydroxylation is 1. The van der Waals surface area contributed by atoms with Gasteiger partial charge in [-0.2, -0.15) is 0 Å². The Morgan fingerprint density at radius 2 is 2.11 bits per heavy atom. The van der Waals surface area contributed by atoms with Crippen molar-refractivity contribution in [2.75, 3.05) is 0 Å². The third-order valence-corrected chi connectivity index (χ3v) is 4.80. The molecule has 4 nitrogen and oxygen atoms in total. The highest BCUT2D eigenvalue weighted by molar-refractivity contribution is 9.10. The number of carbonyl (C=O) groups excluding carboxylic acids is 1. The lowest BCUT2D eigenvalue weighted by Crippen LogP contribution is -2.41. The van der Waals surface area contributed by atoms with Gasteiger partial charge in [0.1, 0.15) is 10.9 Å². The van der Waals surface area contributed by atoms with Crippen LogP contribution < -0.4 is 5.32 Å². The third-order valence-electron chi connectivity index (χ3n) is 2.42. The van der Waals surface area contributed by atoms with Gasteiger partial charge in [0, 0.05) is 4.47 Å². The topological polar surface area (TPSA) is 66.4 Å². The number of aliphatic carboxylic acids is 1. The highest BCUT2D eigenvalue weighted by Gasteiger charge is 2.23. The summed E-state index contributed by atoms with van der Waals surface area (Å²) in [5.74, 6) is -1.13. The first-order chi connectivity index (χ1) is 8.32. The smallest absolute Gasteiger partial charge is 0.326 e. The molecule has 1 aromatic heterocycles. The molecule has 0 radical (unpaired) electrons. The summed E-state index contributed by atoms with van der Waals surface area (Å²) in [5, 5.41) is 13.5. The van der Waals surface area contributed by atoms with Crippen molar-refractivity contribution in [3.63, 3.8) is 0 Å². The number of carboxylic acid groups (broad SMARTS) is 1. The van der Waals surface area contributed by atoms with Gasteiger partial charge in [0.05, 0.1) is 0 Å². The molecular weight excluding hydrogens is 318 g/mol. The number of rotatable bonds is 5. The van der Waals surface area contributed by atoms with Gasteiger partial charge in [0.25, 0.3) is 5.91 Å². The largest absolute Gasteiger partial charge is 0.480 e. The molecule has 0 saturated heterocycles. The molecule has 1 heterocycles. The fourth-order valence-corrected chi connectivity index (χ4v) is 3.07. The van der Waals surface area contributed by atoms with E-state index in [1.807, 2.05) is 26.2 Å². The van der Waals surface area contributed by atoms with E-state index < -0.39 is 12.0 Å². The van der Waals surface area contributed by atoms with Gasteiger partial charge in [0.2, 0.25) is 0 Å². The lowest BCUT2D eigenvalue weighted by Gasteiger charge is -2.16. The third kappa shape index (κ3) is 3.81. The molecule has 1 aromatic rings. The lowest BCUT2D eigenvalue weighted by atomic mass is 10.0. The van der Waals surface area contributed by atoms with E-state index in [0.717, 1.165) is 10.0 Å². The second kappa shape index (κ2) is 6.33. The molecule has 0 aromatic carbocycles. The summed E-state index contributed by atoms with van der Waals surface area (Å²) in [6.45, 7) is 5.74. The molecule has 0 fully saturated rings. The monoisotopic (exact) mass is 333 g/mol. The van der Waals surface area contributed by atoms with Crippen molar-refractivity contribution in [2.45, 2.75) is 33.2 Å². The molecule has 1 atom stereocenters. The van der Waals surface area contributed by atoms with Crippen LogP contribution in [-0.4, -0.2) is 23.0 Å². The van der Waals surface area contributed by atoms with E-state index in [1.54, 1.807) is 0 Å². The Morgan fingerprint density at radius 1 is 1.50 bits per heavy atom. The van der Waals surface area contributed by atoms with Crippen LogP contribution in [0.2, 0.25) is 0 Å². The van der Waals surface area contributed by atoms with E-state index in [9.17, 15) is 9.59 Å². The number of amides is 1. The summed E-state index contributed by atoms with van der Waals surface area (Å²) in [4.78, 5) is 23.6. The van der Waals surface area contributed by atoms with Crippen LogP contribution in [0.4, 0.5) is 0 Å². The van der Waals surface area contributed by atoms with Gasteiger partial charge in [0.15, 0.2) is 0 Å². The number of nitrogens with one attached hydrogen (secondary N) is 1.